The van der Waals surface area contributed by atoms with Crippen LogP contribution in [0.25, 0.3) is 0 Å². The second kappa shape index (κ2) is 5.52. The summed E-state index contributed by atoms with van der Waals surface area (Å²) in [6, 6.07) is 2.93. The van der Waals surface area contributed by atoms with Crippen LogP contribution in [0.4, 0.5) is 0 Å². The first-order valence-electron chi connectivity index (χ1n) is 6.32. The fourth-order valence-corrected chi connectivity index (χ4v) is 2.17. The van der Waals surface area contributed by atoms with Crippen molar-refractivity contribution < 1.29 is 4.42 Å². The van der Waals surface area contributed by atoms with Crippen LogP contribution in [0, 0.1) is 6.92 Å². The molecule has 1 aliphatic carbocycles. The molecule has 0 spiro atoms. The van der Waals surface area contributed by atoms with Gasteiger partial charge in [0.25, 0.3) is 0 Å². The molecule has 1 N–H and O–H groups in total. The molecule has 1 aromatic rings. The molecule has 0 aromatic carbocycles. The minimum absolute atomic E-state index is 0.759. The van der Waals surface area contributed by atoms with Crippen molar-refractivity contribution in [2.24, 2.45) is 0 Å². The summed E-state index contributed by atoms with van der Waals surface area (Å²) in [5, 5.41) is 3.11. The summed E-state index contributed by atoms with van der Waals surface area (Å²) in [5.41, 5.74) is 1.31. The molecular formula is C14H22N2O. The molecule has 3 nitrogen and oxygen atoms in total. The van der Waals surface area contributed by atoms with Crippen molar-refractivity contribution in [3.8, 4) is 0 Å². The fraction of sp³-hybridized carbons (Fsp3) is 0.571. The first-order chi connectivity index (χ1) is 8.24. The third-order valence-electron chi connectivity index (χ3n) is 3.22. The molecule has 1 saturated carbocycles. The van der Waals surface area contributed by atoms with Gasteiger partial charge < -0.3 is 9.73 Å². The molecule has 3 heteroatoms. The minimum atomic E-state index is 0.759. The number of aryl methyl sites for hydroxylation is 1. The van der Waals surface area contributed by atoms with E-state index >= 15 is 0 Å². The van der Waals surface area contributed by atoms with Crippen molar-refractivity contribution in [2.75, 3.05) is 13.6 Å². The summed E-state index contributed by atoms with van der Waals surface area (Å²) in [6.07, 6.45) is 4.64. The molecule has 1 aliphatic rings. The number of nitrogens with one attached hydrogen (secondary N) is 1. The van der Waals surface area contributed by atoms with Gasteiger partial charge in [0, 0.05) is 24.7 Å². The Morgan fingerprint density at radius 1 is 1.59 bits per heavy atom. The average molecular weight is 234 g/mol. The van der Waals surface area contributed by atoms with Crippen molar-refractivity contribution in [1.29, 1.82) is 0 Å². The van der Waals surface area contributed by atoms with Gasteiger partial charge in [0.1, 0.15) is 11.5 Å². The van der Waals surface area contributed by atoms with Crippen LogP contribution in [0.1, 0.15) is 29.9 Å². The molecule has 1 fully saturated rings. The van der Waals surface area contributed by atoms with Crippen LogP contribution in [-0.2, 0) is 13.1 Å². The number of rotatable bonds is 7. The maximum absolute atomic E-state index is 5.72. The summed E-state index contributed by atoms with van der Waals surface area (Å²) in [6.45, 7) is 8.63. The van der Waals surface area contributed by atoms with E-state index in [1.807, 2.05) is 20.0 Å². The highest BCUT2D eigenvalue weighted by atomic mass is 16.3. The second-order valence-electron chi connectivity index (χ2n) is 4.77. The molecular weight excluding hydrogens is 212 g/mol. The van der Waals surface area contributed by atoms with Crippen LogP contribution in [0.5, 0.6) is 0 Å². The number of nitrogens with zero attached hydrogens (tertiary/aromatic N) is 1. The maximum Gasteiger partial charge on any atom is 0.118 e. The van der Waals surface area contributed by atoms with E-state index in [4.69, 9.17) is 4.42 Å². The number of hydrogen-bond donors (Lipinski definition) is 1. The van der Waals surface area contributed by atoms with Gasteiger partial charge in [0.2, 0.25) is 0 Å². The van der Waals surface area contributed by atoms with Crippen LogP contribution in [0.2, 0.25) is 0 Å². The van der Waals surface area contributed by atoms with E-state index in [0.29, 0.717) is 0 Å². The molecule has 0 saturated heterocycles. The molecule has 1 heterocycles. The van der Waals surface area contributed by atoms with Gasteiger partial charge in [-0.2, -0.15) is 0 Å². The molecule has 1 aromatic heterocycles. The Balaban J connectivity index is 2.02. The van der Waals surface area contributed by atoms with Gasteiger partial charge in [-0.25, -0.2) is 0 Å². The minimum Gasteiger partial charge on any atom is -0.465 e. The summed E-state index contributed by atoms with van der Waals surface area (Å²) >= 11 is 0. The van der Waals surface area contributed by atoms with Crippen LogP contribution in [0.3, 0.4) is 0 Å². The Kier molecular flexibility index (Phi) is 4.02. The molecule has 0 amide bonds. The van der Waals surface area contributed by atoms with Crippen LogP contribution < -0.4 is 5.32 Å². The second-order valence-corrected chi connectivity index (χ2v) is 4.77. The van der Waals surface area contributed by atoms with Crippen LogP contribution in [-0.4, -0.2) is 24.5 Å². The van der Waals surface area contributed by atoms with E-state index in [1.165, 1.54) is 18.4 Å². The van der Waals surface area contributed by atoms with E-state index in [0.717, 1.165) is 37.2 Å². The Morgan fingerprint density at radius 2 is 2.35 bits per heavy atom. The molecule has 0 aliphatic heterocycles. The number of hydrogen-bond acceptors (Lipinski definition) is 3. The quantitative estimate of drug-likeness (QED) is 0.735. The zero-order valence-corrected chi connectivity index (χ0v) is 10.8. The molecule has 0 atom stereocenters. The van der Waals surface area contributed by atoms with Gasteiger partial charge in [-0.05, 0) is 32.9 Å². The van der Waals surface area contributed by atoms with Gasteiger partial charge in [-0.1, -0.05) is 6.08 Å². The highest BCUT2D eigenvalue weighted by molar-refractivity contribution is 5.21. The highest BCUT2D eigenvalue weighted by Gasteiger charge is 2.28. The van der Waals surface area contributed by atoms with Crippen LogP contribution >= 0.6 is 0 Å². The lowest BCUT2D eigenvalue weighted by atomic mass is 10.2. The van der Waals surface area contributed by atoms with Crippen molar-refractivity contribution >= 4 is 0 Å². The predicted octanol–water partition coefficient (Wildman–Crippen LogP) is 2.46. The monoisotopic (exact) mass is 234 g/mol. The first-order valence-corrected chi connectivity index (χ1v) is 6.32. The molecule has 94 valence electrons. The Hall–Kier alpha value is -1.06. The number of furan rings is 1. The van der Waals surface area contributed by atoms with E-state index in [-0.39, 0.29) is 0 Å². The summed E-state index contributed by atoms with van der Waals surface area (Å²) in [7, 11) is 1.94. The summed E-state index contributed by atoms with van der Waals surface area (Å²) < 4.78 is 5.72. The predicted molar refractivity (Wildman–Crippen MR) is 69.8 cm³/mol. The van der Waals surface area contributed by atoms with Crippen molar-refractivity contribution in [3.63, 3.8) is 0 Å². The smallest absolute Gasteiger partial charge is 0.118 e. The average Bonchev–Trinajstić information content (AvgIpc) is 3.06. The Bertz CT molecular complexity index is 380. The van der Waals surface area contributed by atoms with Gasteiger partial charge in [0.05, 0.1) is 6.54 Å². The van der Waals surface area contributed by atoms with E-state index in [9.17, 15) is 0 Å². The maximum atomic E-state index is 5.72. The largest absolute Gasteiger partial charge is 0.465 e. The lowest BCUT2D eigenvalue weighted by Gasteiger charge is -2.19. The summed E-state index contributed by atoms with van der Waals surface area (Å²) in [5.74, 6) is 2.07. The van der Waals surface area contributed by atoms with Gasteiger partial charge in [-0.3, -0.25) is 4.90 Å². The molecule has 0 unspecified atom stereocenters. The Morgan fingerprint density at radius 3 is 2.94 bits per heavy atom. The van der Waals surface area contributed by atoms with Crippen LogP contribution in [0.15, 0.2) is 23.1 Å². The van der Waals surface area contributed by atoms with Crippen molar-refractivity contribution in [2.45, 2.75) is 38.9 Å². The molecule has 17 heavy (non-hydrogen) atoms. The highest BCUT2D eigenvalue weighted by Crippen LogP contribution is 2.29. The lowest BCUT2D eigenvalue weighted by molar-refractivity contribution is 0.282. The van der Waals surface area contributed by atoms with E-state index < -0.39 is 0 Å². The Labute approximate surface area is 103 Å². The topological polar surface area (TPSA) is 28.4 Å². The van der Waals surface area contributed by atoms with Crippen molar-refractivity contribution in [1.82, 2.24) is 10.2 Å². The molecule has 0 bridgehead atoms. The zero-order chi connectivity index (χ0) is 12.3. The van der Waals surface area contributed by atoms with Gasteiger partial charge >= 0.3 is 0 Å². The molecule has 0 radical (unpaired) electrons. The molecule has 2 rings (SSSR count). The van der Waals surface area contributed by atoms with E-state index in [1.54, 1.807) is 0 Å². The van der Waals surface area contributed by atoms with Gasteiger partial charge in [-0.15, -0.1) is 6.58 Å². The SMILES string of the molecule is C=CCN(Cc1cc(CNC)oc1C)C1CC1. The van der Waals surface area contributed by atoms with Crippen molar-refractivity contribution in [3.05, 3.63) is 35.8 Å². The normalized spacial score (nSPS) is 15.5. The lowest BCUT2D eigenvalue weighted by Crippen LogP contribution is -2.25. The summed E-state index contributed by atoms with van der Waals surface area (Å²) in [4.78, 5) is 2.48. The van der Waals surface area contributed by atoms with E-state index in [2.05, 4.69) is 22.9 Å². The standard InChI is InChI=1S/C14H22N2O/c1-4-7-16(13-5-6-13)10-12-8-14(9-15-3)17-11(12)2/h4,8,13,15H,1,5-7,9-10H2,2-3H3. The zero-order valence-electron chi connectivity index (χ0n) is 10.8. The fourth-order valence-electron chi connectivity index (χ4n) is 2.17. The third-order valence-corrected chi connectivity index (χ3v) is 3.22. The first kappa shape index (κ1) is 12.4. The van der Waals surface area contributed by atoms with Gasteiger partial charge in [0.15, 0.2) is 0 Å². The third kappa shape index (κ3) is 3.20.